The number of ketones is 1. The highest BCUT2D eigenvalue weighted by Crippen LogP contribution is 2.59. The van der Waals surface area contributed by atoms with E-state index in [-0.39, 0.29) is 30.0 Å². The van der Waals surface area contributed by atoms with Crippen LogP contribution in [0.25, 0.3) is 0 Å². The average Bonchev–Trinajstić information content (AvgIpc) is 3.45. The van der Waals surface area contributed by atoms with Gasteiger partial charge in [-0.2, -0.15) is 0 Å². The van der Waals surface area contributed by atoms with Crippen molar-refractivity contribution < 1.29 is 33.3 Å². The van der Waals surface area contributed by atoms with E-state index in [1.807, 2.05) is 0 Å². The molecule has 2 saturated heterocycles. The van der Waals surface area contributed by atoms with Gasteiger partial charge in [0, 0.05) is 37.5 Å². The normalized spacial score (nSPS) is 44.2. The van der Waals surface area contributed by atoms with Gasteiger partial charge in [-0.15, -0.1) is 0 Å². The van der Waals surface area contributed by atoms with Gasteiger partial charge in [0.25, 0.3) is 0 Å². The van der Waals surface area contributed by atoms with Crippen molar-refractivity contribution in [3.05, 3.63) is 0 Å². The van der Waals surface area contributed by atoms with Crippen molar-refractivity contribution in [2.24, 2.45) is 23.2 Å². The molecule has 6 saturated carbocycles. The Morgan fingerprint density at radius 2 is 1.29 bits per heavy atom. The van der Waals surface area contributed by atoms with Crippen LogP contribution < -0.4 is 0 Å². The Labute approximate surface area is 207 Å². The molecule has 4 unspecified atom stereocenters. The fourth-order valence-corrected chi connectivity index (χ4v) is 8.82. The lowest BCUT2D eigenvalue weighted by molar-refractivity contribution is -0.228. The SMILES string of the molecule is O=C1C2CC3CC1CC(C(=O)OC(C1COC4(CCCCC4)O1)C1COC4(CCCCC4)O1)(C3)C2. The van der Waals surface area contributed by atoms with E-state index in [9.17, 15) is 9.59 Å². The van der Waals surface area contributed by atoms with Crippen molar-refractivity contribution in [1.29, 1.82) is 0 Å². The monoisotopic (exact) mass is 488 g/mol. The molecule has 0 amide bonds. The first-order valence-electron chi connectivity index (χ1n) is 14.4. The van der Waals surface area contributed by atoms with E-state index in [4.69, 9.17) is 23.7 Å². The van der Waals surface area contributed by atoms with Crippen LogP contribution in [0.3, 0.4) is 0 Å². The van der Waals surface area contributed by atoms with Crippen LogP contribution in [0.1, 0.15) is 96.3 Å². The van der Waals surface area contributed by atoms with Crippen molar-refractivity contribution in [2.45, 2.75) is 126 Å². The zero-order chi connectivity index (χ0) is 23.7. The minimum absolute atomic E-state index is 0.0420. The lowest BCUT2D eigenvalue weighted by Gasteiger charge is -2.54. The molecule has 0 aromatic heterocycles. The summed E-state index contributed by atoms with van der Waals surface area (Å²) in [5.41, 5.74) is -0.521. The molecule has 2 aliphatic heterocycles. The molecule has 0 aromatic rings. The molecule has 4 atom stereocenters. The van der Waals surface area contributed by atoms with Crippen LogP contribution >= 0.6 is 0 Å². The summed E-state index contributed by atoms with van der Waals surface area (Å²) >= 11 is 0. The maximum atomic E-state index is 13.9. The van der Waals surface area contributed by atoms with Gasteiger partial charge in [-0.05, 0) is 63.7 Å². The molecule has 6 aliphatic carbocycles. The van der Waals surface area contributed by atoms with Crippen molar-refractivity contribution in [3.8, 4) is 0 Å². The highest BCUT2D eigenvalue weighted by atomic mass is 16.8. The second-order valence-electron chi connectivity index (χ2n) is 12.8. The van der Waals surface area contributed by atoms with Gasteiger partial charge < -0.3 is 23.7 Å². The zero-order valence-electron chi connectivity index (χ0n) is 20.8. The molecule has 2 spiro atoms. The topological polar surface area (TPSA) is 80.3 Å². The van der Waals surface area contributed by atoms with Crippen LogP contribution in [0, 0.1) is 23.2 Å². The summed E-state index contributed by atoms with van der Waals surface area (Å²) in [7, 11) is 0. The van der Waals surface area contributed by atoms with Gasteiger partial charge in [-0.25, -0.2) is 0 Å². The summed E-state index contributed by atoms with van der Waals surface area (Å²) in [4.78, 5) is 26.6. The molecular formula is C28H40O7. The molecule has 0 N–H and O–H groups in total. The van der Waals surface area contributed by atoms with Crippen molar-refractivity contribution in [1.82, 2.24) is 0 Å². The molecule has 4 bridgehead atoms. The largest absolute Gasteiger partial charge is 0.456 e. The van der Waals surface area contributed by atoms with E-state index < -0.39 is 23.1 Å². The van der Waals surface area contributed by atoms with Gasteiger partial charge in [-0.1, -0.05) is 12.8 Å². The summed E-state index contributed by atoms with van der Waals surface area (Å²) in [6.07, 6.45) is 13.3. The Morgan fingerprint density at radius 3 is 1.80 bits per heavy atom. The van der Waals surface area contributed by atoms with Crippen molar-refractivity contribution in [3.63, 3.8) is 0 Å². The third-order valence-corrected chi connectivity index (χ3v) is 10.4. The quantitative estimate of drug-likeness (QED) is 0.541. The maximum Gasteiger partial charge on any atom is 0.312 e. The number of carbonyl (C=O) groups is 2. The van der Waals surface area contributed by atoms with Crippen molar-refractivity contribution >= 4 is 11.8 Å². The smallest absolute Gasteiger partial charge is 0.312 e. The van der Waals surface area contributed by atoms with E-state index in [2.05, 4.69) is 0 Å². The first kappa shape index (κ1) is 23.1. The molecule has 8 aliphatic rings. The first-order valence-corrected chi connectivity index (χ1v) is 14.4. The minimum atomic E-state index is -0.547. The minimum Gasteiger partial charge on any atom is -0.456 e. The first-order chi connectivity index (χ1) is 17.0. The van der Waals surface area contributed by atoms with Crippen LogP contribution in [0.4, 0.5) is 0 Å². The summed E-state index contributed by atoms with van der Waals surface area (Å²) in [5.74, 6) is -0.272. The maximum absolute atomic E-state index is 13.9. The van der Waals surface area contributed by atoms with Crippen LogP contribution in [0.2, 0.25) is 0 Å². The number of ether oxygens (including phenoxy) is 5. The Kier molecular flexibility index (Phi) is 5.62. The van der Waals surface area contributed by atoms with Gasteiger partial charge in [0.2, 0.25) is 0 Å². The van der Waals surface area contributed by atoms with E-state index in [1.165, 1.54) is 12.8 Å². The standard InChI is InChI=1S/C28H40O7/c29-23-19-11-18-12-20(23)15-26(13-18,14-19)25(30)33-24(21-16-31-27(34-21)7-3-1-4-8-27)22-17-32-28(35-22)9-5-2-6-10-28/h18-22,24H,1-17H2. The fraction of sp³-hybridized carbons (Fsp3) is 0.929. The predicted molar refractivity (Wildman–Crippen MR) is 124 cm³/mol. The van der Waals surface area contributed by atoms with Gasteiger partial charge in [0.1, 0.15) is 18.0 Å². The second-order valence-corrected chi connectivity index (χ2v) is 12.8. The summed E-state index contributed by atoms with van der Waals surface area (Å²) in [5, 5.41) is 0. The number of Topliss-reactive ketones (excluding diaryl/α,β-unsaturated/α-hetero) is 1. The third kappa shape index (κ3) is 3.91. The van der Waals surface area contributed by atoms with Crippen LogP contribution in [-0.2, 0) is 33.3 Å². The van der Waals surface area contributed by atoms with E-state index in [0.29, 0.717) is 37.8 Å². The number of carbonyl (C=O) groups excluding carboxylic acids is 2. The lowest BCUT2D eigenvalue weighted by Crippen LogP contribution is -2.56. The average molecular weight is 489 g/mol. The van der Waals surface area contributed by atoms with Gasteiger partial charge >= 0.3 is 5.97 Å². The molecule has 194 valence electrons. The summed E-state index contributed by atoms with van der Waals surface area (Å²) in [6, 6.07) is 0. The Bertz CT molecular complexity index is 803. The van der Waals surface area contributed by atoms with Gasteiger partial charge in [0.15, 0.2) is 17.7 Å². The number of rotatable bonds is 4. The zero-order valence-corrected chi connectivity index (χ0v) is 20.8. The summed E-state index contributed by atoms with van der Waals surface area (Å²) < 4.78 is 32.1. The van der Waals surface area contributed by atoms with Crippen molar-refractivity contribution in [2.75, 3.05) is 13.2 Å². The molecule has 0 aromatic carbocycles. The predicted octanol–water partition coefficient (Wildman–Crippen LogP) is 4.45. The Morgan fingerprint density at radius 1 is 0.771 bits per heavy atom. The third-order valence-electron chi connectivity index (χ3n) is 10.4. The van der Waals surface area contributed by atoms with Crippen LogP contribution in [0.15, 0.2) is 0 Å². The lowest BCUT2D eigenvalue weighted by atomic mass is 9.49. The molecule has 8 rings (SSSR count). The number of esters is 1. The Balaban J connectivity index is 1.12. The van der Waals surface area contributed by atoms with E-state index in [1.54, 1.807) is 0 Å². The molecule has 35 heavy (non-hydrogen) atoms. The molecular weight excluding hydrogens is 448 g/mol. The summed E-state index contributed by atoms with van der Waals surface area (Å²) in [6.45, 7) is 0.842. The molecule has 2 heterocycles. The molecule has 7 nitrogen and oxygen atoms in total. The van der Waals surface area contributed by atoms with Gasteiger partial charge in [-0.3, -0.25) is 9.59 Å². The highest BCUT2D eigenvalue weighted by molar-refractivity contribution is 5.89. The molecule has 0 radical (unpaired) electrons. The van der Waals surface area contributed by atoms with E-state index >= 15 is 0 Å². The van der Waals surface area contributed by atoms with Gasteiger partial charge in [0.05, 0.1) is 18.6 Å². The molecule has 7 heteroatoms. The highest BCUT2D eigenvalue weighted by Gasteiger charge is 2.60. The Hall–Kier alpha value is -1.02. The number of hydrogen-bond donors (Lipinski definition) is 0. The number of hydrogen-bond acceptors (Lipinski definition) is 7. The van der Waals surface area contributed by atoms with Crippen LogP contribution in [-0.4, -0.2) is 54.9 Å². The van der Waals surface area contributed by atoms with Crippen LogP contribution in [0.5, 0.6) is 0 Å². The fourth-order valence-electron chi connectivity index (χ4n) is 8.82. The molecule has 8 fully saturated rings. The van der Waals surface area contributed by atoms with E-state index in [0.717, 1.165) is 70.6 Å². The second kappa shape index (κ2) is 8.50.